The van der Waals surface area contributed by atoms with Crippen LogP contribution in [0.25, 0.3) is 0 Å². The topological polar surface area (TPSA) is 129 Å². The van der Waals surface area contributed by atoms with E-state index in [2.05, 4.69) is 10.2 Å². The number of anilines is 1. The number of carbonyl (C=O) groups is 2. The Morgan fingerprint density at radius 3 is 2.64 bits per heavy atom. The number of likely N-dealkylation sites (tertiary alicyclic amines) is 1. The summed E-state index contributed by atoms with van der Waals surface area (Å²) >= 11 is 0. The number of phenolic OH excluding ortho intramolecular Hbond substituents is 1. The molecule has 2 fully saturated rings. The summed E-state index contributed by atoms with van der Waals surface area (Å²) < 4.78 is 11.3. The molecule has 0 radical (unpaired) electrons. The lowest BCUT2D eigenvalue weighted by Crippen LogP contribution is -2.75. The number of esters is 1. The highest BCUT2D eigenvalue weighted by atomic mass is 16.5. The minimum atomic E-state index is -1.37. The molecule has 4 N–H and O–H groups in total. The van der Waals surface area contributed by atoms with Crippen LogP contribution in [0.15, 0.2) is 47.7 Å². The van der Waals surface area contributed by atoms with E-state index < -0.39 is 29.0 Å². The number of ether oxygens (including phenoxy) is 2. The van der Waals surface area contributed by atoms with E-state index in [4.69, 9.17) is 9.47 Å². The fourth-order valence-electron chi connectivity index (χ4n) is 7.48. The molecule has 9 nitrogen and oxygen atoms in total. The van der Waals surface area contributed by atoms with E-state index in [0.29, 0.717) is 35.8 Å². The minimum absolute atomic E-state index is 0.0285. The highest BCUT2D eigenvalue weighted by Gasteiger charge is 2.73. The molecular formula is C30H32N2O7. The molecule has 0 aromatic heterocycles. The highest BCUT2D eigenvalue weighted by molar-refractivity contribution is 6.05. The second-order valence-corrected chi connectivity index (χ2v) is 11.5. The number of carbonyl (C=O) groups excluding carboxylic acids is 2. The van der Waals surface area contributed by atoms with Crippen molar-refractivity contribution in [3.05, 3.63) is 64.4 Å². The first-order valence-electron chi connectivity index (χ1n) is 13.8. The average Bonchev–Trinajstić information content (AvgIpc) is 3.66. The highest BCUT2D eigenvalue weighted by Crippen LogP contribution is 2.66. The molecule has 4 atom stereocenters. The van der Waals surface area contributed by atoms with Crippen molar-refractivity contribution in [2.45, 2.75) is 62.2 Å². The van der Waals surface area contributed by atoms with Gasteiger partial charge in [-0.3, -0.25) is 9.69 Å². The van der Waals surface area contributed by atoms with Gasteiger partial charge in [-0.25, -0.2) is 4.79 Å². The normalized spacial score (nSPS) is 30.4. The lowest BCUT2D eigenvalue weighted by Gasteiger charge is -2.62. The number of aliphatic hydroxyl groups is 2. The van der Waals surface area contributed by atoms with Crippen LogP contribution in [0.3, 0.4) is 0 Å². The van der Waals surface area contributed by atoms with Gasteiger partial charge in [0, 0.05) is 30.3 Å². The van der Waals surface area contributed by atoms with Crippen LogP contribution >= 0.6 is 0 Å². The molecule has 2 aliphatic heterocycles. The zero-order chi connectivity index (χ0) is 27.1. The minimum Gasteiger partial charge on any atom is -0.508 e. The maximum atomic E-state index is 13.6. The Bertz CT molecular complexity index is 1420. The lowest BCUT2D eigenvalue weighted by atomic mass is 9.49. The van der Waals surface area contributed by atoms with E-state index in [1.165, 1.54) is 12.8 Å². The first-order valence-corrected chi connectivity index (χ1v) is 13.8. The second kappa shape index (κ2) is 8.47. The number of amides is 1. The smallest absolute Gasteiger partial charge is 0.338 e. The summed E-state index contributed by atoms with van der Waals surface area (Å²) in [5.41, 5.74) is 0.347. The number of aromatic hydroxyl groups is 1. The number of hydrogen-bond acceptors (Lipinski definition) is 8. The molecule has 2 bridgehead atoms. The van der Waals surface area contributed by atoms with Gasteiger partial charge < -0.3 is 30.1 Å². The van der Waals surface area contributed by atoms with Crippen LogP contribution in [-0.2, 0) is 21.4 Å². The SMILES string of the molecule is CCOC(=O)c1ccc(NC(=O)C2=C(O)[C@@H]3Oc4c(O)ccc5c4[C@@]34CCN(CC3CC3)[C@H](C5)[C@]4(O)C2)cc1. The largest absolute Gasteiger partial charge is 0.508 e. The molecule has 9 heteroatoms. The van der Waals surface area contributed by atoms with Crippen molar-refractivity contribution in [2.24, 2.45) is 5.92 Å². The van der Waals surface area contributed by atoms with Crippen LogP contribution < -0.4 is 10.1 Å². The first-order chi connectivity index (χ1) is 18.8. The maximum Gasteiger partial charge on any atom is 0.338 e. The molecular weight excluding hydrogens is 500 g/mol. The molecule has 0 unspecified atom stereocenters. The molecule has 204 valence electrons. The van der Waals surface area contributed by atoms with E-state index in [1.54, 1.807) is 37.3 Å². The second-order valence-electron chi connectivity index (χ2n) is 11.5. The Labute approximate surface area is 226 Å². The molecule has 1 amide bonds. The van der Waals surface area contributed by atoms with Crippen LogP contribution in [0.4, 0.5) is 5.69 Å². The molecule has 7 rings (SSSR count). The number of nitrogens with zero attached hydrogens (tertiary/aromatic N) is 1. The monoisotopic (exact) mass is 532 g/mol. The third kappa shape index (κ3) is 3.39. The molecule has 1 spiro atoms. The van der Waals surface area contributed by atoms with Crippen molar-refractivity contribution >= 4 is 17.6 Å². The first kappa shape index (κ1) is 24.5. The van der Waals surface area contributed by atoms with E-state index in [0.717, 1.165) is 24.2 Å². The van der Waals surface area contributed by atoms with Gasteiger partial charge in [0.15, 0.2) is 17.6 Å². The fraction of sp³-hybridized carbons (Fsp3) is 0.467. The summed E-state index contributed by atoms with van der Waals surface area (Å²) in [5, 5.41) is 37.7. The Morgan fingerprint density at radius 1 is 1.15 bits per heavy atom. The lowest BCUT2D eigenvalue weighted by molar-refractivity contribution is -0.172. The predicted octanol–water partition coefficient (Wildman–Crippen LogP) is 3.19. The van der Waals surface area contributed by atoms with Gasteiger partial charge in [0.2, 0.25) is 0 Å². The van der Waals surface area contributed by atoms with Gasteiger partial charge in [0.05, 0.1) is 28.8 Å². The molecule has 2 heterocycles. The van der Waals surface area contributed by atoms with Crippen molar-refractivity contribution in [3.8, 4) is 11.5 Å². The number of rotatable bonds is 6. The van der Waals surface area contributed by atoms with Gasteiger partial charge in [-0.05, 0) is 81.0 Å². The number of hydrogen-bond donors (Lipinski definition) is 4. The van der Waals surface area contributed by atoms with Gasteiger partial charge in [0.25, 0.3) is 5.91 Å². The van der Waals surface area contributed by atoms with Gasteiger partial charge in [-0.1, -0.05) is 6.07 Å². The van der Waals surface area contributed by atoms with Gasteiger partial charge in [-0.2, -0.15) is 0 Å². The number of phenols is 1. The average molecular weight is 533 g/mol. The van der Waals surface area contributed by atoms with Crippen LogP contribution in [0.1, 0.15) is 54.1 Å². The molecule has 1 saturated carbocycles. The summed E-state index contributed by atoms with van der Waals surface area (Å²) in [6.45, 7) is 3.65. The molecule has 3 aliphatic carbocycles. The van der Waals surface area contributed by atoms with Gasteiger partial charge in [-0.15, -0.1) is 0 Å². The number of nitrogens with one attached hydrogen (secondary N) is 1. The molecule has 2 aromatic carbocycles. The molecule has 2 aromatic rings. The van der Waals surface area contributed by atoms with Crippen molar-refractivity contribution in [1.29, 1.82) is 0 Å². The maximum absolute atomic E-state index is 13.6. The van der Waals surface area contributed by atoms with E-state index >= 15 is 0 Å². The van der Waals surface area contributed by atoms with Crippen LogP contribution in [-0.4, -0.2) is 69.5 Å². The Hall–Kier alpha value is -3.56. The number of aliphatic hydroxyl groups excluding tert-OH is 1. The Balaban J connectivity index is 1.26. The zero-order valence-corrected chi connectivity index (χ0v) is 21.8. The summed E-state index contributed by atoms with van der Waals surface area (Å²) in [5.74, 6) is -0.301. The quantitative estimate of drug-likeness (QED) is 0.418. The summed E-state index contributed by atoms with van der Waals surface area (Å²) in [7, 11) is 0. The summed E-state index contributed by atoms with van der Waals surface area (Å²) in [4.78, 5) is 27.9. The zero-order valence-electron chi connectivity index (χ0n) is 21.8. The van der Waals surface area contributed by atoms with E-state index in [1.807, 2.05) is 6.07 Å². The standard InChI is InChI=1S/C30H32N2O7/c1-2-38-28(36)17-5-8-19(9-6-17)31-27(35)20-14-30(37)22-13-18-7-10-21(33)25-23(18)29(30,26(39-25)24(20)34)11-12-32(22)15-16-3-4-16/h5-10,16,22,26,33-34,37H,2-4,11-15H2,1H3,(H,31,35)/t22-,26+,29+,30-/m1/s1. The number of benzene rings is 2. The third-order valence-electron chi connectivity index (χ3n) is 9.45. The number of piperidine rings is 1. The Kier molecular flexibility index (Phi) is 5.31. The van der Waals surface area contributed by atoms with E-state index in [-0.39, 0.29) is 36.2 Å². The van der Waals surface area contributed by atoms with Crippen LogP contribution in [0, 0.1) is 5.92 Å². The molecule has 5 aliphatic rings. The van der Waals surface area contributed by atoms with Crippen molar-refractivity contribution in [1.82, 2.24) is 4.90 Å². The molecule has 1 saturated heterocycles. The summed E-state index contributed by atoms with van der Waals surface area (Å²) in [6.07, 6.45) is 2.50. The van der Waals surface area contributed by atoms with Crippen molar-refractivity contribution < 1.29 is 34.4 Å². The van der Waals surface area contributed by atoms with E-state index in [9.17, 15) is 24.9 Å². The van der Waals surface area contributed by atoms with Crippen LogP contribution in [0.5, 0.6) is 11.5 Å². The van der Waals surface area contributed by atoms with Crippen LogP contribution in [0.2, 0.25) is 0 Å². The fourth-order valence-corrected chi connectivity index (χ4v) is 7.48. The van der Waals surface area contributed by atoms with Gasteiger partial charge in [0.1, 0.15) is 5.76 Å². The predicted molar refractivity (Wildman–Crippen MR) is 141 cm³/mol. The summed E-state index contributed by atoms with van der Waals surface area (Å²) in [6, 6.07) is 9.58. The van der Waals surface area contributed by atoms with Crippen molar-refractivity contribution in [3.63, 3.8) is 0 Å². The third-order valence-corrected chi connectivity index (χ3v) is 9.45. The molecule has 39 heavy (non-hydrogen) atoms. The van der Waals surface area contributed by atoms with Gasteiger partial charge >= 0.3 is 5.97 Å². The Morgan fingerprint density at radius 2 is 1.92 bits per heavy atom. The van der Waals surface area contributed by atoms with Crippen molar-refractivity contribution in [2.75, 3.05) is 25.0 Å².